The summed E-state index contributed by atoms with van der Waals surface area (Å²) in [6.45, 7) is 1.70. The van der Waals surface area contributed by atoms with E-state index in [0.717, 1.165) is 11.3 Å². The van der Waals surface area contributed by atoms with Gasteiger partial charge in [-0.3, -0.25) is 24.3 Å². The Morgan fingerprint density at radius 1 is 1.07 bits per heavy atom. The van der Waals surface area contributed by atoms with Crippen LogP contribution in [0.15, 0.2) is 116 Å². The molecule has 9 nitrogen and oxygen atoms in total. The summed E-state index contributed by atoms with van der Waals surface area (Å²) in [5, 5.41) is 14.0. The fourth-order valence-electron chi connectivity index (χ4n) is 4.78. The van der Waals surface area contributed by atoms with Crippen LogP contribution in [0, 0.1) is 15.9 Å². The van der Waals surface area contributed by atoms with Crippen molar-refractivity contribution in [3.8, 4) is 11.3 Å². The number of nitro benzene ring substituents is 1. The number of aromatic nitrogens is 1. The molecule has 1 N–H and O–H groups in total. The molecule has 0 saturated heterocycles. The lowest BCUT2D eigenvalue weighted by atomic mass is 9.95. The number of non-ortho nitro benzene ring substituents is 1. The number of halogens is 1. The van der Waals surface area contributed by atoms with Crippen LogP contribution in [-0.4, -0.2) is 15.4 Å². The molecule has 1 amide bonds. The summed E-state index contributed by atoms with van der Waals surface area (Å²) in [5.41, 5.74) is 1.86. The summed E-state index contributed by atoms with van der Waals surface area (Å²) < 4.78 is 21.5. The Morgan fingerprint density at radius 2 is 1.83 bits per heavy atom. The number of nitro groups is 1. The Bertz CT molecular complexity index is 2060. The summed E-state index contributed by atoms with van der Waals surface area (Å²) in [4.78, 5) is 43.1. The predicted molar refractivity (Wildman–Crippen MR) is 156 cm³/mol. The van der Waals surface area contributed by atoms with Gasteiger partial charge in [-0.05, 0) is 48.9 Å². The zero-order valence-electron chi connectivity index (χ0n) is 22.0. The molecular formula is C31H21FN4O5S. The lowest BCUT2D eigenvalue weighted by Gasteiger charge is -2.25. The molecule has 2 aromatic heterocycles. The molecule has 0 bridgehead atoms. The van der Waals surface area contributed by atoms with Crippen molar-refractivity contribution in [3.05, 3.63) is 149 Å². The molecular weight excluding hydrogens is 559 g/mol. The molecule has 6 rings (SSSR count). The van der Waals surface area contributed by atoms with Crippen molar-refractivity contribution in [2.24, 2.45) is 4.99 Å². The number of hydrogen-bond acceptors (Lipinski definition) is 7. The third-order valence-corrected chi connectivity index (χ3v) is 7.71. The van der Waals surface area contributed by atoms with Crippen LogP contribution in [-0.2, 0) is 4.79 Å². The second-order valence-electron chi connectivity index (χ2n) is 9.46. The van der Waals surface area contributed by atoms with Crippen molar-refractivity contribution in [3.63, 3.8) is 0 Å². The smallest absolute Gasteiger partial charge is 0.271 e. The maximum Gasteiger partial charge on any atom is 0.271 e. The van der Waals surface area contributed by atoms with E-state index in [1.807, 2.05) is 6.07 Å². The molecule has 3 aromatic carbocycles. The van der Waals surface area contributed by atoms with Crippen molar-refractivity contribution in [1.29, 1.82) is 0 Å². The van der Waals surface area contributed by atoms with Crippen LogP contribution in [0.2, 0.25) is 0 Å². The van der Waals surface area contributed by atoms with Gasteiger partial charge in [0.25, 0.3) is 17.2 Å². The Labute approximate surface area is 241 Å². The second-order valence-corrected chi connectivity index (χ2v) is 10.5. The first-order valence-electron chi connectivity index (χ1n) is 12.8. The first-order chi connectivity index (χ1) is 20.3. The number of amides is 1. The first-order valence-corrected chi connectivity index (χ1v) is 13.6. The van der Waals surface area contributed by atoms with E-state index in [0.29, 0.717) is 43.4 Å². The van der Waals surface area contributed by atoms with E-state index >= 15 is 0 Å². The second kappa shape index (κ2) is 10.9. The van der Waals surface area contributed by atoms with E-state index in [1.165, 1.54) is 28.8 Å². The molecule has 1 unspecified atom stereocenters. The highest BCUT2D eigenvalue weighted by Crippen LogP contribution is 2.31. The molecule has 11 heteroatoms. The number of hydrogen-bond donors (Lipinski definition) is 1. The Kier molecular flexibility index (Phi) is 6.93. The zero-order valence-corrected chi connectivity index (χ0v) is 22.8. The zero-order chi connectivity index (χ0) is 29.4. The number of benzene rings is 3. The number of carbonyl (C=O) groups is 1. The molecule has 208 valence electrons. The molecule has 0 aliphatic carbocycles. The fraction of sp³-hybridized carbons (Fsp3) is 0.0645. The number of allylic oxidation sites excluding steroid dienone is 1. The number of para-hydroxylation sites is 1. The van der Waals surface area contributed by atoms with Gasteiger partial charge in [0.05, 0.1) is 26.8 Å². The van der Waals surface area contributed by atoms with Crippen LogP contribution < -0.4 is 20.2 Å². The molecule has 1 aliphatic heterocycles. The highest BCUT2D eigenvalue weighted by Gasteiger charge is 2.32. The minimum absolute atomic E-state index is 0.0676. The molecule has 0 spiro atoms. The Hall–Kier alpha value is -5.42. The SMILES string of the molecule is CC1=C(C(=O)Nc2ccccc2)C(c2ccc(F)cc2)n2c(s/c(=C\c3ccc(-c4cccc([N+](=O)[O-])c4)o3)c2=O)=N1. The first kappa shape index (κ1) is 26.8. The van der Waals surface area contributed by atoms with Crippen molar-refractivity contribution in [2.45, 2.75) is 13.0 Å². The number of furan rings is 1. The van der Waals surface area contributed by atoms with Gasteiger partial charge in [0.2, 0.25) is 0 Å². The fourth-order valence-corrected chi connectivity index (χ4v) is 5.81. The quantitative estimate of drug-likeness (QED) is 0.219. The summed E-state index contributed by atoms with van der Waals surface area (Å²) >= 11 is 1.13. The van der Waals surface area contributed by atoms with Gasteiger partial charge in [0.1, 0.15) is 17.3 Å². The minimum atomic E-state index is -0.857. The maximum atomic E-state index is 13.9. The normalized spacial score (nSPS) is 14.8. The van der Waals surface area contributed by atoms with Gasteiger partial charge in [-0.2, -0.15) is 0 Å². The number of carbonyl (C=O) groups excluding carboxylic acids is 1. The molecule has 0 radical (unpaired) electrons. The number of anilines is 1. The topological polar surface area (TPSA) is 120 Å². The number of rotatable bonds is 6. The van der Waals surface area contributed by atoms with E-state index in [-0.39, 0.29) is 11.3 Å². The van der Waals surface area contributed by atoms with E-state index in [2.05, 4.69) is 10.3 Å². The van der Waals surface area contributed by atoms with E-state index < -0.39 is 28.2 Å². The van der Waals surface area contributed by atoms with Crippen molar-refractivity contribution >= 4 is 34.7 Å². The summed E-state index contributed by atoms with van der Waals surface area (Å²) in [7, 11) is 0. The average Bonchev–Trinajstić information content (AvgIpc) is 3.57. The predicted octanol–water partition coefficient (Wildman–Crippen LogP) is 5.18. The molecule has 5 aromatic rings. The number of fused-ring (bicyclic) bond motifs is 1. The largest absolute Gasteiger partial charge is 0.457 e. The van der Waals surface area contributed by atoms with E-state index in [9.17, 15) is 24.1 Å². The number of thiazole rings is 1. The molecule has 0 fully saturated rings. The standard InChI is InChI=1S/C31H21FN4O5S/c1-18-27(29(37)34-22-7-3-2-4-8-22)28(19-10-12-21(32)13-11-19)35-30(38)26(42-31(35)33-18)17-24-14-15-25(41-24)20-6-5-9-23(16-20)36(39)40/h2-17,28H,1H3,(H,34,37)/b26-17-. The van der Waals surface area contributed by atoms with Crippen molar-refractivity contribution in [2.75, 3.05) is 5.32 Å². The van der Waals surface area contributed by atoms with Crippen LogP contribution in [0.1, 0.15) is 24.3 Å². The third kappa shape index (κ3) is 5.08. The van der Waals surface area contributed by atoms with Crippen LogP contribution in [0.5, 0.6) is 0 Å². The van der Waals surface area contributed by atoms with Gasteiger partial charge in [0.15, 0.2) is 4.80 Å². The number of nitrogens with one attached hydrogen (secondary N) is 1. The Balaban J connectivity index is 1.43. The molecule has 0 saturated carbocycles. The van der Waals surface area contributed by atoms with Gasteiger partial charge in [-0.1, -0.05) is 53.8 Å². The molecule has 3 heterocycles. The van der Waals surface area contributed by atoms with Crippen LogP contribution >= 0.6 is 11.3 Å². The highest BCUT2D eigenvalue weighted by molar-refractivity contribution is 7.07. The van der Waals surface area contributed by atoms with Crippen molar-refractivity contribution in [1.82, 2.24) is 4.57 Å². The number of nitrogens with zero attached hydrogens (tertiary/aromatic N) is 3. The summed E-state index contributed by atoms with van der Waals surface area (Å²) in [6.07, 6.45) is 1.56. The van der Waals surface area contributed by atoms with Crippen molar-refractivity contribution < 1.29 is 18.5 Å². The highest BCUT2D eigenvalue weighted by atomic mass is 32.1. The third-order valence-electron chi connectivity index (χ3n) is 6.73. The lowest BCUT2D eigenvalue weighted by Crippen LogP contribution is -2.40. The van der Waals surface area contributed by atoms with Gasteiger partial charge in [-0.15, -0.1) is 0 Å². The molecule has 42 heavy (non-hydrogen) atoms. The van der Waals surface area contributed by atoms with Gasteiger partial charge < -0.3 is 9.73 Å². The van der Waals surface area contributed by atoms with Crippen LogP contribution in [0.25, 0.3) is 17.4 Å². The maximum absolute atomic E-state index is 13.9. The van der Waals surface area contributed by atoms with Gasteiger partial charge in [0, 0.05) is 29.5 Å². The monoisotopic (exact) mass is 580 g/mol. The van der Waals surface area contributed by atoms with Crippen LogP contribution in [0.3, 0.4) is 0 Å². The van der Waals surface area contributed by atoms with Gasteiger partial charge >= 0.3 is 0 Å². The molecule has 1 atom stereocenters. The van der Waals surface area contributed by atoms with E-state index in [1.54, 1.807) is 73.7 Å². The summed E-state index contributed by atoms with van der Waals surface area (Å²) in [5.74, 6) is -0.117. The minimum Gasteiger partial charge on any atom is -0.457 e. The van der Waals surface area contributed by atoms with Crippen LogP contribution in [0.4, 0.5) is 15.8 Å². The van der Waals surface area contributed by atoms with Gasteiger partial charge in [-0.25, -0.2) is 9.38 Å². The Morgan fingerprint density at radius 3 is 2.57 bits per heavy atom. The molecule has 1 aliphatic rings. The average molecular weight is 581 g/mol. The lowest BCUT2D eigenvalue weighted by molar-refractivity contribution is -0.384. The van der Waals surface area contributed by atoms with E-state index in [4.69, 9.17) is 4.42 Å². The summed E-state index contributed by atoms with van der Waals surface area (Å²) in [6, 6.07) is 23.1.